The van der Waals surface area contributed by atoms with Crippen LogP contribution in [-0.2, 0) is 11.2 Å². The van der Waals surface area contributed by atoms with Gasteiger partial charge in [0.25, 0.3) is 0 Å². The third kappa shape index (κ3) is 7.79. The first kappa shape index (κ1) is 29.6. The number of aromatic hydroxyl groups is 4. The van der Waals surface area contributed by atoms with Crippen molar-refractivity contribution in [3.63, 3.8) is 0 Å². The van der Waals surface area contributed by atoms with Crippen molar-refractivity contribution in [2.45, 2.75) is 115 Å². The Bertz CT molecular complexity index is 1050. The summed E-state index contributed by atoms with van der Waals surface area (Å²) >= 11 is 0. The molecule has 2 atom stereocenters. The van der Waals surface area contributed by atoms with Crippen LogP contribution in [0.25, 0.3) is 0 Å². The van der Waals surface area contributed by atoms with Crippen LogP contribution in [0.1, 0.15) is 114 Å². The quantitative estimate of drug-likeness (QED) is 0.118. The van der Waals surface area contributed by atoms with E-state index < -0.39 is 23.2 Å². The molecule has 7 heteroatoms. The highest BCUT2D eigenvalue weighted by Gasteiger charge is 2.50. The summed E-state index contributed by atoms with van der Waals surface area (Å²) in [5.74, 6) is -1.46. The second-order valence-electron chi connectivity index (χ2n) is 10.7. The van der Waals surface area contributed by atoms with Gasteiger partial charge in [0.15, 0.2) is 29.0 Å². The molecule has 2 aromatic carbocycles. The molecule has 0 saturated carbocycles. The number of unbranched alkanes of at least 4 members (excludes halogenated alkanes) is 12. The maximum Gasteiger partial charge on any atom is 0.168 e. The molecule has 1 aliphatic heterocycles. The summed E-state index contributed by atoms with van der Waals surface area (Å²) < 4.78 is 5.95. The molecule has 2 unspecified atom stereocenters. The van der Waals surface area contributed by atoms with Gasteiger partial charge in [-0.1, -0.05) is 90.0 Å². The predicted octanol–water partition coefficient (Wildman–Crippen LogP) is 6.97. The van der Waals surface area contributed by atoms with Gasteiger partial charge >= 0.3 is 0 Å². The minimum Gasteiger partial charge on any atom is -0.508 e. The molecule has 0 bridgehead atoms. The Morgan fingerprint density at radius 2 is 1.37 bits per heavy atom. The zero-order chi connectivity index (χ0) is 27.5. The monoisotopic (exact) mass is 528 g/mol. The highest BCUT2D eigenvalue weighted by atomic mass is 16.5. The van der Waals surface area contributed by atoms with E-state index in [1.54, 1.807) is 0 Å². The van der Waals surface area contributed by atoms with Crippen LogP contribution >= 0.6 is 0 Å². The molecule has 0 aromatic heterocycles. The number of fused-ring (bicyclic) bond motifs is 1. The van der Waals surface area contributed by atoms with Gasteiger partial charge in [-0.25, -0.2) is 0 Å². The smallest absolute Gasteiger partial charge is 0.168 e. The van der Waals surface area contributed by atoms with E-state index in [9.17, 15) is 30.3 Å². The molecule has 210 valence electrons. The molecule has 0 fully saturated rings. The Morgan fingerprint density at radius 1 is 0.789 bits per heavy atom. The van der Waals surface area contributed by atoms with Crippen molar-refractivity contribution in [1.82, 2.24) is 0 Å². The molecule has 3 rings (SSSR count). The predicted molar refractivity (Wildman–Crippen MR) is 147 cm³/mol. The summed E-state index contributed by atoms with van der Waals surface area (Å²) in [5, 5.41) is 51.6. The first-order valence-corrected chi connectivity index (χ1v) is 14.2. The number of carbonyl (C=O) groups is 1. The molecule has 1 heterocycles. The van der Waals surface area contributed by atoms with E-state index in [0.717, 1.165) is 25.3 Å². The second-order valence-corrected chi connectivity index (χ2v) is 10.7. The normalized spacial score (nSPS) is 18.6. The summed E-state index contributed by atoms with van der Waals surface area (Å²) in [6, 6.07) is 6.44. The number of aliphatic hydroxyl groups is 1. The van der Waals surface area contributed by atoms with Crippen LogP contribution < -0.4 is 4.74 Å². The topological polar surface area (TPSA) is 127 Å². The van der Waals surface area contributed by atoms with Crippen molar-refractivity contribution in [2.24, 2.45) is 0 Å². The number of benzene rings is 2. The van der Waals surface area contributed by atoms with Crippen LogP contribution in [0.4, 0.5) is 0 Å². The average Bonchev–Trinajstić information content (AvgIpc) is 2.88. The lowest BCUT2D eigenvalue weighted by molar-refractivity contribution is -0.151. The fourth-order valence-corrected chi connectivity index (χ4v) is 5.30. The minimum absolute atomic E-state index is 0.151. The van der Waals surface area contributed by atoms with Crippen LogP contribution in [0.2, 0.25) is 0 Å². The van der Waals surface area contributed by atoms with Crippen molar-refractivity contribution in [1.29, 1.82) is 0 Å². The average molecular weight is 529 g/mol. The van der Waals surface area contributed by atoms with Gasteiger partial charge in [-0.15, -0.1) is 0 Å². The molecule has 5 N–H and O–H groups in total. The number of ketones is 1. The van der Waals surface area contributed by atoms with E-state index in [2.05, 4.69) is 6.92 Å². The van der Waals surface area contributed by atoms with E-state index >= 15 is 0 Å². The van der Waals surface area contributed by atoms with Crippen molar-refractivity contribution in [2.75, 3.05) is 0 Å². The van der Waals surface area contributed by atoms with Crippen LogP contribution in [0.5, 0.6) is 28.7 Å². The molecular weight excluding hydrogens is 484 g/mol. The summed E-state index contributed by atoms with van der Waals surface area (Å²) in [7, 11) is 0. The number of ether oxygens (including phenoxy) is 1. The summed E-state index contributed by atoms with van der Waals surface area (Å²) in [6.07, 6.45) is 14.2. The van der Waals surface area contributed by atoms with E-state index in [4.69, 9.17) is 4.74 Å². The number of rotatable bonds is 16. The standard InChI is InChI=1S/C31H44O7/c1-2-3-4-5-6-7-8-9-10-11-12-13-14-15-29(36)31(37)21-24-26(34)19-23(32)20-28(24)38-30(31)22-16-17-25(33)27(35)18-22/h16-20,30,32-35,37H,2-15,21H2,1H3. The highest BCUT2D eigenvalue weighted by molar-refractivity contribution is 5.89. The van der Waals surface area contributed by atoms with E-state index in [0.29, 0.717) is 12.0 Å². The second kappa shape index (κ2) is 14.3. The number of phenols is 4. The van der Waals surface area contributed by atoms with Crippen LogP contribution in [0, 0.1) is 0 Å². The van der Waals surface area contributed by atoms with Crippen LogP contribution in [0.3, 0.4) is 0 Å². The number of Topliss-reactive ketones (excluding diaryl/α,β-unsaturated/α-hetero) is 1. The molecule has 0 spiro atoms. The molecule has 7 nitrogen and oxygen atoms in total. The van der Waals surface area contributed by atoms with Gasteiger partial charge in [-0.2, -0.15) is 0 Å². The summed E-state index contributed by atoms with van der Waals surface area (Å²) in [5.41, 5.74) is -1.44. The number of hydrogen-bond acceptors (Lipinski definition) is 7. The first-order chi connectivity index (χ1) is 18.3. The van der Waals surface area contributed by atoms with E-state index in [1.807, 2.05) is 0 Å². The molecule has 0 radical (unpaired) electrons. The third-order valence-corrected chi connectivity index (χ3v) is 7.59. The number of hydrogen-bond donors (Lipinski definition) is 5. The van der Waals surface area contributed by atoms with E-state index in [-0.39, 0.29) is 41.4 Å². The Balaban J connectivity index is 1.53. The lowest BCUT2D eigenvalue weighted by Crippen LogP contribution is -2.51. The molecule has 38 heavy (non-hydrogen) atoms. The Labute approximate surface area is 226 Å². The van der Waals surface area contributed by atoms with Gasteiger partial charge in [0.1, 0.15) is 17.2 Å². The number of phenolic OH excluding ortho intramolecular Hbond substituents is 4. The van der Waals surface area contributed by atoms with Crippen LogP contribution in [-0.4, -0.2) is 36.9 Å². The van der Waals surface area contributed by atoms with Gasteiger partial charge in [0, 0.05) is 30.5 Å². The maximum absolute atomic E-state index is 13.4. The Kier molecular flexibility index (Phi) is 11.1. The number of carbonyl (C=O) groups excluding carboxylic acids is 1. The third-order valence-electron chi connectivity index (χ3n) is 7.59. The SMILES string of the molecule is CCCCCCCCCCCCCCCC(=O)C1(O)Cc2c(O)cc(O)cc2OC1c1ccc(O)c(O)c1. The molecule has 1 aliphatic rings. The van der Waals surface area contributed by atoms with Crippen LogP contribution in [0.15, 0.2) is 30.3 Å². The summed E-state index contributed by atoms with van der Waals surface area (Å²) in [4.78, 5) is 13.4. The van der Waals surface area contributed by atoms with E-state index in [1.165, 1.54) is 82.1 Å². The largest absolute Gasteiger partial charge is 0.508 e. The maximum atomic E-state index is 13.4. The molecule has 0 aliphatic carbocycles. The fourth-order valence-electron chi connectivity index (χ4n) is 5.30. The fraction of sp³-hybridized carbons (Fsp3) is 0.581. The molecular formula is C31H44O7. The van der Waals surface area contributed by atoms with Gasteiger partial charge in [0.2, 0.25) is 0 Å². The van der Waals surface area contributed by atoms with Gasteiger partial charge in [-0.3, -0.25) is 4.79 Å². The van der Waals surface area contributed by atoms with Gasteiger partial charge < -0.3 is 30.3 Å². The lowest BCUT2D eigenvalue weighted by Gasteiger charge is -2.40. The van der Waals surface area contributed by atoms with Gasteiger partial charge in [0.05, 0.1) is 0 Å². The summed E-state index contributed by atoms with van der Waals surface area (Å²) in [6.45, 7) is 2.24. The Hall–Kier alpha value is -2.93. The zero-order valence-electron chi connectivity index (χ0n) is 22.6. The van der Waals surface area contributed by atoms with Gasteiger partial charge in [-0.05, 0) is 24.1 Å². The van der Waals surface area contributed by atoms with Crippen molar-refractivity contribution >= 4 is 5.78 Å². The highest BCUT2D eigenvalue weighted by Crippen LogP contribution is 2.47. The molecule has 2 aromatic rings. The first-order valence-electron chi connectivity index (χ1n) is 14.2. The minimum atomic E-state index is -1.98. The lowest BCUT2D eigenvalue weighted by atomic mass is 9.78. The zero-order valence-corrected chi connectivity index (χ0v) is 22.6. The Morgan fingerprint density at radius 3 is 1.95 bits per heavy atom. The van der Waals surface area contributed by atoms with Crippen molar-refractivity contribution in [3.8, 4) is 28.7 Å². The van der Waals surface area contributed by atoms with Crippen molar-refractivity contribution in [3.05, 3.63) is 41.5 Å². The molecule has 0 saturated heterocycles. The van der Waals surface area contributed by atoms with Crippen molar-refractivity contribution < 1.29 is 35.1 Å². The molecule has 0 amide bonds.